The maximum atomic E-state index is 11.7. The summed E-state index contributed by atoms with van der Waals surface area (Å²) in [5.41, 5.74) is -0.00178. The number of rotatable bonds is 2. The summed E-state index contributed by atoms with van der Waals surface area (Å²) in [6.45, 7) is 4.72. The van der Waals surface area contributed by atoms with Crippen LogP contribution in [0, 0.1) is 0 Å². The number of aryl methyl sites for hydroxylation is 1. The average molecular weight is 247 g/mol. The van der Waals surface area contributed by atoms with E-state index in [-0.39, 0.29) is 18.1 Å². The summed E-state index contributed by atoms with van der Waals surface area (Å²) < 4.78 is 3.21. The molecule has 0 aromatic carbocycles. The molecule has 0 aliphatic carbocycles. The van der Waals surface area contributed by atoms with E-state index in [9.17, 15) is 4.79 Å². The van der Waals surface area contributed by atoms with E-state index in [1.807, 2.05) is 6.92 Å². The van der Waals surface area contributed by atoms with Gasteiger partial charge in [-0.15, -0.1) is 12.4 Å². The van der Waals surface area contributed by atoms with Gasteiger partial charge >= 0.3 is 5.69 Å². The molecule has 1 aromatic heterocycles. The van der Waals surface area contributed by atoms with Crippen molar-refractivity contribution in [2.45, 2.75) is 32.2 Å². The normalized spacial score (nSPS) is 20.5. The van der Waals surface area contributed by atoms with E-state index in [2.05, 4.69) is 10.4 Å². The van der Waals surface area contributed by atoms with Gasteiger partial charge < -0.3 is 5.32 Å². The fraction of sp³-hybridized carbons (Fsp3) is 0.800. The van der Waals surface area contributed by atoms with Crippen LogP contribution in [0.25, 0.3) is 0 Å². The molecule has 1 aliphatic heterocycles. The molecule has 1 aliphatic rings. The molecule has 0 bridgehead atoms. The van der Waals surface area contributed by atoms with Gasteiger partial charge in [-0.2, -0.15) is 5.10 Å². The minimum atomic E-state index is -0.00178. The number of hydrogen-bond acceptors (Lipinski definition) is 3. The zero-order valence-corrected chi connectivity index (χ0v) is 10.6. The summed E-state index contributed by atoms with van der Waals surface area (Å²) in [5, 5.41) is 7.68. The van der Waals surface area contributed by atoms with Gasteiger partial charge in [0.2, 0.25) is 0 Å². The van der Waals surface area contributed by atoms with Crippen molar-refractivity contribution in [2.75, 3.05) is 13.1 Å². The maximum Gasteiger partial charge on any atom is 0.345 e. The first-order valence-corrected chi connectivity index (χ1v) is 5.58. The third-order valence-corrected chi connectivity index (χ3v) is 3.01. The van der Waals surface area contributed by atoms with Gasteiger partial charge in [-0.05, 0) is 26.3 Å². The molecule has 1 N–H and O–H groups in total. The molecule has 16 heavy (non-hydrogen) atoms. The summed E-state index contributed by atoms with van der Waals surface area (Å²) in [7, 11) is 1.72. The number of aromatic nitrogens is 3. The van der Waals surface area contributed by atoms with Crippen LogP contribution in [0.1, 0.15) is 31.5 Å². The molecule has 92 valence electrons. The SMILES string of the molecule is CCn1c(C2CCCNC2)nn(C)c1=O.Cl. The zero-order chi connectivity index (χ0) is 10.8. The van der Waals surface area contributed by atoms with Crippen molar-refractivity contribution >= 4 is 12.4 Å². The lowest BCUT2D eigenvalue weighted by Gasteiger charge is -2.21. The average Bonchev–Trinajstić information content (AvgIpc) is 2.56. The Bertz CT molecular complexity index is 392. The highest BCUT2D eigenvalue weighted by Crippen LogP contribution is 2.20. The zero-order valence-electron chi connectivity index (χ0n) is 9.77. The summed E-state index contributed by atoms with van der Waals surface area (Å²) >= 11 is 0. The molecule has 0 saturated carbocycles. The Morgan fingerprint density at radius 1 is 1.56 bits per heavy atom. The summed E-state index contributed by atoms with van der Waals surface area (Å²) in [6.07, 6.45) is 2.29. The Balaban J connectivity index is 0.00000128. The van der Waals surface area contributed by atoms with Crippen LogP contribution in [0.2, 0.25) is 0 Å². The van der Waals surface area contributed by atoms with Crippen LogP contribution in [0.4, 0.5) is 0 Å². The minimum Gasteiger partial charge on any atom is -0.316 e. The van der Waals surface area contributed by atoms with Crippen LogP contribution in [0.15, 0.2) is 4.79 Å². The van der Waals surface area contributed by atoms with Gasteiger partial charge in [-0.1, -0.05) is 0 Å². The van der Waals surface area contributed by atoms with Crippen LogP contribution in [-0.2, 0) is 13.6 Å². The largest absolute Gasteiger partial charge is 0.345 e. The van der Waals surface area contributed by atoms with Gasteiger partial charge in [0.1, 0.15) is 5.82 Å². The highest BCUT2D eigenvalue weighted by Gasteiger charge is 2.22. The predicted octanol–water partition coefficient (Wildman–Crippen LogP) is 0.490. The Morgan fingerprint density at radius 2 is 2.31 bits per heavy atom. The number of piperidine rings is 1. The number of hydrogen-bond donors (Lipinski definition) is 1. The number of nitrogens with zero attached hydrogens (tertiary/aromatic N) is 3. The maximum absolute atomic E-state index is 11.7. The smallest absolute Gasteiger partial charge is 0.316 e. The Morgan fingerprint density at radius 3 is 2.88 bits per heavy atom. The first kappa shape index (κ1) is 13.3. The van der Waals surface area contributed by atoms with Gasteiger partial charge in [-0.3, -0.25) is 4.57 Å². The molecular weight excluding hydrogens is 228 g/mol. The monoisotopic (exact) mass is 246 g/mol. The first-order valence-electron chi connectivity index (χ1n) is 5.58. The van der Waals surface area contributed by atoms with E-state index in [1.54, 1.807) is 11.6 Å². The van der Waals surface area contributed by atoms with Crippen LogP contribution < -0.4 is 11.0 Å². The highest BCUT2D eigenvalue weighted by molar-refractivity contribution is 5.85. The van der Waals surface area contributed by atoms with Gasteiger partial charge in [0.05, 0.1) is 0 Å². The second-order valence-corrected chi connectivity index (χ2v) is 4.05. The van der Waals surface area contributed by atoms with Crippen molar-refractivity contribution in [3.05, 3.63) is 16.3 Å². The van der Waals surface area contributed by atoms with Crippen molar-refractivity contribution in [1.82, 2.24) is 19.7 Å². The molecule has 1 saturated heterocycles. The Hall–Kier alpha value is -0.810. The van der Waals surface area contributed by atoms with Crippen molar-refractivity contribution in [1.29, 1.82) is 0 Å². The lowest BCUT2D eigenvalue weighted by molar-refractivity contribution is 0.431. The standard InChI is InChI=1S/C10H18N4O.ClH/c1-3-14-9(12-13(2)10(14)15)8-5-4-6-11-7-8;/h8,11H,3-7H2,1-2H3;1H. The minimum absolute atomic E-state index is 0. The molecule has 2 rings (SSSR count). The van der Waals surface area contributed by atoms with Crippen molar-refractivity contribution in [3.63, 3.8) is 0 Å². The van der Waals surface area contributed by atoms with E-state index >= 15 is 0 Å². The molecule has 2 heterocycles. The quantitative estimate of drug-likeness (QED) is 0.827. The van der Waals surface area contributed by atoms with E-state index in [0.29, 0.717) is 12.5 Å². The molecule has 0 amide bonds. The lowest BCUT2D eigenvalue weighted by Crippen LogP contribution is -2.31. The van der Waals surface area contributed by atoms with E-state index in [4.69, 9.17) is 0 Å². The van der Waals surface area contributed by atoms with Crippen molar-refractivity contribution in [3.8, 4) is 0 Å². The topological polar surface area (TPSA) is 51.9 Å². The highest BCUT2D eigenvalue weighted by atomic mass is 35.5. The van der Waals surface area contributed by atoms with Crippen LogP contribution >= 0.6 is 12.4 Å². The molecular formula is C10H19ClN4O. The first-order chi connectivity index (χ1) is 7.24. The second-order valence-electron chi connectivity index (χ2n) is 4.05. The third-order valence-electron chi connectivity index (χ3n) is 3.01. The number of nitrogens with one attached hydrogen (secondary N) is 1. The second kappa shape index (κ2) is 5.50. The van der Waals surface area contributed by atoms with E-state index < -0.39 is 0 Å². The molecule has 1 fully saturated rings. The van der Waals surface area contributed by atoms with Crippen LogP contribution in [-0.4, -0.2) is 27.4 Å². The molecule has 0 spiro atoms. The fourth-order valence-corrected chi connectivity index (χ4v) is 2.19. The lowest BCUT2D eigenvalue weighted by atomic mass is 9.99. The van der Waals surface area contributed by atoms with E-state index in [0.717, 1.165) is 25.3 Å². The number of halogens is 1. The predicted molar refractivity (Wildman–Crippen MR) is 65.2 cm³/mol. The Labute approximate surface area is 101 Å². The molecule has 6 heteroatoms. The molecule has 5 nitrogen and oxygen atoms in total. The van der Waals surface area contributed by atoms with Gasteiger partial charge in [0.15, 0.2) is 0 Å². The van der Waals surface area contributed by atoms with Crippen molar-refractivity contribution in [2.24, 2.45) is 7.05 Å². The summed E-state index contributed by atoms with van der Waals surface area (Å²) in [6, 6.07) is 0. The Kier molecular flexibility index (Phi) is 4.56. The van der Waals surface area contributed by atoms with Gasteiger partial charge in [0.25, 0.3) is 0 Å². The third kappa shape index (κ3) is 2.30. The molecule has 1 atom stereocenters. The summed E-state index contributed by atoms with van der Waals surface area (Å²) in [4.78, 5) is 11.7. The van der Waals surface area contributed by atoms with Gasteiger partial charge in [-0.25, -0.2) is 9.48 Å². The summed E-state index contributed by atoms with van der Waals surface area (Å²) in [5.74, 6) is 1.34. The van der Waals surface area contributed by atoms with Crippen LogP contribution in [0.3, 0.4) is 0 Å². The molecule has 1 unspecified atom stereocenters. The van der Waals surface area contributed by atoms with E-state index in [1.165, 1.54) is 11.1 Å². The molecule has 0 radical (unpaired) electrons. The van der Waals surface area contributed by atoms with Crippen LogP contribution in [0.5, 0.6) is 0 Å². The molecule has 1 aromatic rings. The fourth-order valence-electron chi connectivity index (χ4n) is 2.19. The van der Waals surface area contributed by atoms with Gasteiger partial charge in [0, 0.05) is 26.1 Å². The van der Waals surface area contributed by atoms with Crippen molar-refractivity contribution < 1.29 is 0 Å².